The maximum absolute atomic E-state index is 11.4. The van der Waals surface area contributed by atoms with Crippen molar-refractivity contribution in [1.29, 1.82) is 0 Å². The fourth-order valence-electron chi connectivity index (χ4n) is 2.37. The van der Waals surface area contributed by atoms with Gasteiger partial charge in [0.25, 0.3) is 0 Å². The van der Waals surface area contributed by atoms with E-state index in [1.54, 1.807) is 6.92 Å². The molecule has 5 heteroatoms. The van der Waals surface area contributed by atoms with Crippen LogP contribution in [0, 0.1) is 0 Å². The summed E-state index contributed by atoms with van der Waals surface area (Å²) >= 11 is 0. The molecule has 1 atom stereocenters. The smallest absolute Gasteiger partial charge is 0.150 e. The van der Waals surface area contributed by atoms with Crippen molar-refractivity contribution in [1.82, 2.24) is 10.2 Å². The van der Waals surface area contributed by atoms with Crippen LogP contribution >= 0.6 is 0 Å². The molecule has 0 spiro atoms. The second-order valence-electron chi connectivity index (χ2n) is 4.79. The van der Waals surface area contributed by atoms with Crippen molar-refractivity contribution in [3.8, 4) is 0 Å². The predicted molar refractivity (Wildman–Crippen MR) is 72.1 cm³/mol. The topological polar surface area (TPSA) is 49.4 Å². The molecule has 0 radical (unpaired) electrons. The highest BCUT2D eigenvalue weighted by Gasteiger charge is 2.19. The van der Waals surface area contributed by atoms with Gasteiger partial charge in [-0.1, -0.05) is 13.8 Å². The molecule has 1 aliphatic rings. The van der Waals surface area contributed by atoms with E-state index in [0.717, 1.165) is 32.6 Å². The first-order chi connectivity index (χ1) is 8.07. The number of piperidine rings is 1. The summed E-state index contributed by atoms with van der Waals surface area (Å²) in [5, 5.41) is 3.47. The van der Waals surface area contributed by atoms with Crippen molar-refractivity contribution in [3.05, 3.63) is 0 Å². The van der Waals surface area contributed by atoms with Gasteiger partial charge in [-0.3, -0.25) is 0 Å². The minimum atomic E-state index is -2.79. The van der Waals surface area contributed by atoms with Crippen molar-refractivity contribution in [2.24, 2.45) is 0 Å². The molecule has 1 rings (SSSR count). The van der Waals surface area contributed by atoms with E-state index in [0.29, 0.717) is 11.8 Å². The van der Waals surface area contributed by atoms with Gasteiger partial charge in [0.05, 0.1) is 5.75 Å². The number of hydrogen-bond donors (Lipinski definition) is 1. The number of rotatable bonds is 7. The highest BCUT2D eigenvalue weighted by atomic mass is 32.2. The Bertz CT molecular complexity index is 302. The SMILES string of the molecule is CCNC1CCCN(CCCS(=O)(=O)CC)C1. The predicted octanol–water partition coefficient (Wildman–Crippen LogP) is 0.885. The van der Waals surface area contributed by atoms with Crippen LogP contribution in [0.1, 0.15) is 33.1 Å². The molecule has 17 heavy (non-hydrogen) atoms. The van der Waals surface area contributed by atoms with Gasteiger partial charge < -0.3 is 10.2 Å². The Balaban J connectivity index is 2.23. The summed E-state index contributed by atoms with van der Waals surface area (Å²) in [6, 6.07) is 0.594. The zero-order valence-electron chi connectivity index (χ0n) is 11.1. The van der Waals surface area contributed by atoms with Crippen LogP contribution in [0.15, 0.2) is 0 Å². The maximum Gasteiger partial charge on any atom is 0.150 e. The number of likely N-dealkylation sites (tertiary alicyclic amines) is 1. The summed E-state index contributed by atoms with van der Waals surface area (Å²) in [5.74, 6) is 0.610. The second kappa shape index (κ2) is 7.34. The Hall–Kier alpha value is -0.130. The summed E-state index contributed by atoms with van der Waals surface area (Å²) in [5.41, 5.74) is 0. The van der Waals surface area contributed by atoms with E-state index in [1.165, 1.54) is 12.8 Å². The third kappa shape index (κ3) is 5.84. The van der Waals surface area contributed by atoms with E-state index in [2.05, 4.69) is 17.1 Å². The summed E-state index contributed by atoms with van der Waals surface area (Å²) in [6.45, 7) is 7.97. The van der Waals surface area contributed by atoms with Crippen LogP contribution in [0.25, 0.3) is 0 Å². The van der Waals surface area contributed by atoms with Crippen LogP contribution in [0.5, 0.6) is 0 Å². The highest BCUT2D eigenvalue weighted by Crippen LogP contribution is 2.10. The Morgan fingerprint density at radius 3 is 2.76 bits per heavy atom. The Morgan fingerprint density at radius 2 is 2.12 bits per heavy atom. The zero-order chi connectivity index (χ0) is 12.7. The van der Waals surface area contributed by atoms with Crippen LogP contribution < -0.4 is 5.32 Å². The number of sulfone groups is 1. The number of nitrogens with one attached hydrogen (secondary N) is 1. The standard InChI is InChI=1S/C12H26N2O2S/c1-3-13-12-7-5-8-14(11-12)9-6-10-17(15,16)4-2/h12-13H,3-11H2,1-2H3. The number of likely N-dealkylation sites (N-methyl/N-ethyl adjacent to an activating group) is 1. The third-order valence-corrected chi connectivity index (χ3v) is 5.16. The Morgan fingerprint density at radius 1 is 1.35 bits per heavy atom. The van der Waals surface area contributed by atoms with Crippen molar-refractivity contribution >= 4 is 9.84 Å². The normalized spacial score (nSPS) is 22.8. The lowest BCUT2D eigenvalue weighted by Crippen LogP contribution is -2.46. The van der Waals surface area contributed by atoms with E-state index in [1.807, 2.05) is 0 Å². The first-order valence-corrected chi connectivity index (χ1v) is 8.55. The minimum absolute atomic E-state index is 0.271. The molecule has 102 valence electrons. The molecule has 1 saturated heterocycles. The molecule has 0 aromatic rings. The molecule has 1 unspecified atom stereocenters. The molecule has 0 aliphatic carbocycles. The van der Waals surface area contributed by atoms with E-state index >= 15 is 0 Å². The molecule has 0 amide bonds. The van der Waals surface area contributed by atoms with Gasteiger partial charge in [0.1, 0.15) is 9.84 Å². The van der Waals surface area contributed by atoms with Crippen molar-refractivity contribution in [3.63, 3.8) is 0 Å². The van der Waals surface area contributed by atoms with Gasteiger partial charge in [-0.15, -0.1) is 0 Å². The van der Waals surface area contributed by atoms with E-state index < -0.39 is 9.84 Å². The molecule has 4 nitrogen and oxygen atoms in total. The first-order valence-electron chi connectivity index (χ1n) is 6.73. The molecule has 0 aromatic carbocycles. The number of nitrogens with zero attached hydrogens (tertiary/aromatic N) is 1. The molecule has 1 N–H and O–H groups in total. The van der Waals surface area contributed by atoms with Crippen molar-refractivity contribution in [2.75, 3.05) is 37.7 Å². The van der Waals surface area contributed by atoms with Crippen LogP contribution in [-0.2, 0) is 9.84 Å². The summed E-state index contributed by atoms with van der Waals surface area (Å²) in [7, 11) is -2.79. The molecule has 0 bridgehead atoms. The first kappa shape index (κ1) is 14.9. The van der Waals surface area contributed by atoms with Crippen LogP contribution in [-0.4, -0.2) is 57.0 Å². The fraction of sp³-hybridized carbons (Fsp3) is 1.00. The number of hydrogen-bond acceptors (Lipinski definition) is 4. The van der Waals surface area contributed by atoms with E-state index in [-0.39, 0.29) is 5.75 Å². The lowest BCUT2D eigenvalue weighted by molar-refractivity contribution is 0.192. The monoisotopic (exact) mass is 262 g/mol. The molecular formula is C12H26N2O2S. The fourth-order valence-corrected chi connectivity index (χ4v) is 3.22. The molecule has 0 saturated carbocycles. The van der Waals surface area contributed by atoms with Gasteiger partial charge in [-0.2, -0.15) is 0 Å². The average Bonchev–Trinajstić information content (AvgIpc) is 2.30. The van der Waals surface area contributed by atoms with Crippen LogP contribution in [0.3, 0.4) is 0 Å². The molecule has 1 heterocycles. The molecule has 0 aromatic heterocycles. The minimum Gasteiger partial charge on any atom is -0.313 e. The average molecular weight is 262 g/mol. The Labute approximate surface area is 106 Å². The highest BCUT2D eigenvalue weighted by molar-refractivity contribution is 7.91. The summed E-state index contributed by atoms with van der Waals surface area (Å²) in [6.07, 6.45) is 3.24. The van der Waals surface area contributed by atoms with Gasteiger partial charge in [-0.25, -0.2) is 8.42 Å². The van der Waals surface area contributed by atoms with Gasteiger partial charge in [-0.05, 0) is 38.9 Å². The van der Waals surface area contributed by atoms with E-state index in [4.69, 9.17) is 0 Å². The lowest BCUT2D eigenvalue weighted by Gasteiger charge is -2.33. The Kier molecular flexibility index (Phi) is 6.44. The molecule has 1 aliphatic heterocycles. The third-order valence-electron chi connectivity index (χ3n) is 3.37. The van der Waals surface area contributed by atoms with Gasteiger partial charge >= 0.3 is 0 Å². The summed E-state index contributed by atoms with van der Waals surface area (Å²) in [4.78, 5) is 2.39. The largest absolute Gasteiger partial charge is 0.313 e. The maximum atomic E-state index is 11.4. The second-order valence-corrected chi connectivity index (χ2v) is 7.26. The summed E-state index contributed by atoms with van der Waals surface area (Å²) < 4.78 is 22.8. The van der Waals surface area contributed by atoms with Crippen molar-refractivity contribution in [2.45, 2.75) is 39.2 Å². The van der Waals surface area contributed by atoms with E-state index in [9.17, 15) is 8.42 Å². The molecular weight excluding hydrogens is 236 g/mol. The van der Waals surface area contributed by atoms with Gasteiger partial charge in [0.2, 0.25) is 0 Å². The van der Waals surface area contributed by atoms with Crippen LogP contribution in [0.2, 0.25) is 0 Å². The lowest BCUT2D eigenvalue weighted by atomic mass is 10.1. The van der Waals surface area contributed by atoms with Gasteiger partial charge in [0.15, 0.2) is 0 Å². The molecule has 1 fully saturated rings. The quantitative estimate of drug-likeness (QED) is 0.740. The zero-order valence-corrected chi connectivity index (χ0v) is 11.9. The van der Waals surface area contributed by atoms with Crippen LogP contribution in [0.4, 0.5) is 0 Å². The van der Waals surface area contributed by atoms with Gasteiger partial charge in [0, 0.05) is 18.3 Å². The van der Waals surface area contributed by atoms with Crippen molar-refractivity contribution < 1.29 is 8.42 Å².